The van der Waals surface area contributed by atoms with Crippen LogP contribution in [0.25, 0.3) is 0 Å². The Kier molecular flexibility index (Phi) is 19.4. The fourth-order valence-electron chi connectivity index (χ4n) is 7.20. The number of carbonyl (C=O) groups excluding carboxylic acids is 6. The molecule has 54 heavy (non-hydrogen) atoms. The topological polar surface area (TPSA) is 224 Å². The van der Waals surface area contributed by atoms with E-state index < -0.39 is 48.1 Å². The molecule has 0 aliphatic carbocycles. The first-order valence-electron chi connectivity index (χ1n) is 19.8. The smallest absolute Gasteiger partial charge is 0.245 e. The standard InChI is InChI=1S/C39H63N7O8/c1-3-41-32(25-28-17-19-30(49)20-18-28)36(51)42-22-10-6-8-16-34(50)44-35(27(2)48)37(52)43-31(14-7-4-5-9-21-40)38(53)46-24-12-15-33(46)39(54)45-23-11-13-29(45)26-47/h17-20,26-27,29,31-33,35,41,48-49H,3-16,21-25,40H2,1-2H3,(H,42,51)(H,43,52)(H,44,50). The molecule has 0 bridgehead atoms. The lowest BCUT2D eigenvalue weighted by Crippen LogP contribution is -2.59. The van der Waals surface area contributed by atoms with Gasteiger partial charge in [0.1, 0.15) is 30.2 Å². The number of aliphatic hydroxyl groups excluding tert-OH is 1. The van der Waals surface area contributed by atoms with Crippen molar-refractivity contribution in [2.45, 2.75) is 140 Å². The zero-order valence-corrected chi connectivity index (χ0v) is 32.1. The van der Waals surface area contributed by atoms with Crippen molar-refractivity contribution in [2.24, 2.45) is 5.73 Å². The third-order valence-corrected chi connectivity index (χ3v) is 10.2. The number of rotatable bonds is 24. The number of aldehydes is 1. The van der Waals surface area contributed by atoms with E-state index in [2.05, 4.69) is 21.3 Å². The molecule has 1 aromatic rings. The van der Waals surface area contributed by atoms with Crippen LogP contribution < -0.4 is 27.0 Å². The van der Waals surface area contributed by atoms with Crippen molar-refractivity contribution in [1.82, 2.24) is 31.1 Å². The summed E-state index contributed by atoms with van der Waals surface area (Å²) in [6.45, 7) is 5.74. The number of hydrogen-bond donors (Lipinski definition) is 7. The zero-order chi connectivity index (χ0) is 39.5. The highest BCUT2D eigenvalue weighted by atomic mass is 16.3. The van der Waals surface area contributed by atoms with E-state index in [9.17, 15) is 39.0 Å². The monoisotopic (exact) mass is 757 g/mol. The maximum atomic E-state index is 14.0. The van der Waals surface area contributed by atoms with Crippen molar-refractivity contribution in [1.29, 1.82) is 0 Å². The van der Waals surface area contributed by atoms with Crippen LogP contribution in [0, 0.1) is 0 Å². The van der Waals surface area contributed by atoms with Crippen molar-refractivity contribution in [3.63, 3.8) is 0 Å². The van der Waals surface area contributed by atoms with Gasteiger partial charge in [0, 0.05) is 26.1 Å². The van der Waals surface area contributed by atoms with Gasteiger partial charge in [0.05, 0.1) is 18.2 Å². The summed E-state index contributed by atoms with van der Waals surface area (Å²) in [5.74, 6) is -1.72. The lowest BCUT2D eigenvalue weighted by molar-refractivity contribution is -0.147. The van der Waals surface area contributed by atoms with Gasteiger partial charge < -0.3 is 51.8 Å². The quantitative estimate of drug-likeness (QED) is 0.0586. The number of amides is 5. The largest absolute Gasteiger partial charge is 0.508 e. The average molecular weight is 758 g/mol. The Morgan fingerprint density at radius 2 is 1.57 bits per heavy atom. The summed E-state index contributed by atoms with van der Waals surface area (Å²) in [6.07, 6.45) is 7.76. The zero-order valence-electron chi connectivity index (χ0n) is 32.1. The molecule has 3 rings (SSSR count). The second-order valence-electron chi connectivity index (χ2n) is 14.5. The van der Waals surface area contributed by atoms with Crippen molar-refractivity contribution < 1.29 is 39.0 Å². The molecule has 15 nitrogen and oxygen atoms in total. The summed E-state index contributed by atoms with van der Waals surface area (Å²) in [4.78, 5) is 81.4. The third kappa shape index (κ3) is 14.0. The van der Waals surface area contributed by atoms with Crippen LogP contribution in [0.5, 0.6) is 5.75 Å². The number of unbranched alkanes of at least 4 members (excludes halogenated alkanes) is 5. The number of phenolic OH excluding ortho intramolecular Hbond substituents is 1. The molecule has 15 heteroatoms. The molecule has 2 saturated heterocycles. The Bertz CT molecular complexity index is 1360. The normalized spacial score (nSPS) is 19.1. The fraction of sp³-hybridized carbons (Fsp3) is 0.692. The minimum atomic E-state index is -1.30. The number of nitrogens with one attached hydrogen (secondary N) is 4. The molecule has 6 atom stereocenters. The van der Waals surface area contributed by atoms with E-state index in [0.29, 0.717) is 90.5 Å². The molecule has 6 unspecified atom stereocenters. The second kappa shape index (κ2) is 23.6. The van der Waals surface area contributed by atoms with Gasteiger partial charge in [-0.05, 0) is 95.5 Å². The van der Waals surface area contributed by atoms with Crippen molar-refractivity contribution in [3.8, 4) is 5.75 Å². The summed E-state index contributed by atoms with van der Waals surface area (Å²) in [5, 5.41) is 31.6. The molecule has 0 spiro atoms. The van der Waals surface area contributed by atoms with E-state index in [1.807, 2.05) is 6.92 Å². The first-order chi connectivity index (χ1) is 26.0. The van der Waals surface area contributed by atoms with Crippen LogP contribution in [0.4, 0.5) is 0 Å². The number of aliphatic hydroxyl groups is 1. The predicted molar refractivity (Wildman–Crippen MR) is 204 cm³/mol. The molecule has 2 heterocycles. The van der Waals surface area contributed by atoms with Crippen LogP contribution in [0.3, 0.4) is 0 Å². The van der Waals surface area contributed by atoms with Crippen LogP contribution in [-0.4, -0.2) is 125 Å². The molecule has 0 radical (unpaired) electrons. The minimum absolute atomic E-state index is 0.102. The van der Waals surface area contributed by atoms with Crippen molar-refractivity contribution in [3.05, 3.63) is 29.8 Å². The van der Waals surface area contributed by atoms with E-state index in [-0.39, 0.29) is 29.9 Å². The number of benzene rings is 1. The molecule has 2 aliphatic heterocycles. The van der Waals surface area contributed by atoms with Gasteiger partial charge in [0.2, 0.25) is 29.5 Å². The number of likely N-dealkylation sites (tertiary alicyclic amines) is 2. The van der Waals surface area contributed by atoms with E-state index in [4.69, 9.17) is 5.73 Å². The summed E-state index contributed by atoms with van der Waals surface area (Å²) in [5.41, 5.74) is 6.55. The molecule has 2 fully saturated rings. The Balaban J connectivity index is 1.51. The summed E-state index contributed by atoms with van der Waals surface area (Å²) >= 11 is 0. The second-order valence-corrected chi connectivity index (χ2v) is 14.5. The van der Waals surface area contributed by atoms with Gasteiger partial charge in [0.25, 0.3) is 0 Å². The van der Waals surface area contributed by atoms with Gasteiger partial charge in [0.15, 0.2) is 0 Å². The fourth-order valence-corrected chi connectivity index (χ4v) is 7.20. The van der Waals surface area contributed by atoms with Gasteiger partial charge in [-0.2, -0.15) is 0 Å². The van der Waals surface area contributed by atoms with Crippen molar-refractivity contribution in [2.75, 3.05) is 32.7 Å². The van der Waals surface area contributed by atoms with Gasteiger partial charge in [-0.25, -0.2) is 0 Å². The molecule has 0 aromatic heterocycles. The first-order valence-corrected chi connectivity index (χ1v) is 19.8. The van der Waals surface area contributed by atoms with Crippen LogP contribution in [0.2, 0.25) is 0 Å². The number of nitrogens with zero attached hydrogens (tertiary/aromatic N) is 2. The highest BCUT2D eigenvalue weighted by Crippen LogP contribution is 2.25. The molecule has 1 aromatic carbocycles. The molecule has 8 N–H and O–H groups in total. The first kappa shape index (κ1) is 44.3. The number of aromatic hydroxyl groups is 1. The van der Waals surface area contributed by atoms with Crippen molar-refractivity contribution >= 4 is 35.8 Å². The predicted octanol–water partition coefficient (Wildman–Crippen LogP) is 1.03. The van der Waals surface area contributed by atoms with E-state index >= 15 is 0 Å². The maximum Gasteiger partial charge on any atom is 0.245 e. The number of carbonyl (C=O) groups is 6. The molecule has 5 amide bonds. The van der Waals surface area contributed by atoms with Crippen LogP contribution in [-0.2, 0) is 35.2 Å². The Labute approximate surface area is 319 Å². The number of nitrogens with two attached hydrogens (primary N) is 1. The maximum absolute atomic E-state index is 14.0. The number of phenols is 1. The highest BCUT2D eigenvalue weighted by molar-refractivity contribution is 5.95. The molecular formula is C39H63N7O8. The number of likely N-dealkylation sites (N-methyl/N-ethyl adjacent to an activating group) is 1. The van der Waals surface area contributed by atoms with Crippen LogP contribution >= 0.6 is 0 Å². The Morgan fingerprint density at radius 1 is 0.889 bits per heavy atom. The summed E-state index contributed by atoms with van der Waals surface area (Å²) in [7, 11) is 0. The third-order valence-electron chi connectivity index (χ3n) is 10.2. The Hall–Kier alpha value is -4.08. The van der Waals surface area contributed by atoms with E-state index in [1.165, 1.54) is 11.8 Å². The SMILES string of the molecule is CCNC(Cc1ccc(O)cc1)C(=O)NCCCCCC(=O)NC(C(=O)NC(CCCCCCN)C(=O)N1CCCC1C(=O)N1CCCC1C=O)C(C)O. The van der Waals surface area contributed by atoms with Gasteiger partial charge in [-0.3, -0.25) is 24.0 Å². The van der Waals surface area contributed by atoms with E-state index in [1.54, 1.807) is 29.2 Å². The molecule has 0 saturated carbocycles. The van der Waals surface area contributed by atoms with Gasteiger partial charge in [-0.15, -0.1) is 0 Å². The van der Waals surface area contributed by atoms with Gasteiger partial charge >= 0.3 is 0 Å². The van der Waals surface area contributed by atoms with Crippen LogP contribution in [0.1, 0.15) is 103 Å². The summed E-state index contributed by atoms with van der Waals surface area (Å²) < 4.78 is 0. The van der Waals surface area contributed by atoms with E-state index in [0.717, 1.165) is 37.5 Å². The van der Waals surface area contributed by atoms with Gasteiger partial charge in [-0.1, -0.05) is 44.7 Å². The highest BCUT2D eigenvalue weighted by Gasteiger charge is 2.42. The van der Waals surface area contributed by atoms with Crippen LogP contribution in [0.15, 0.2) is 24.3 Å². The average Bonchev–Trinajstić information content (AvgIpc) is 3.85. The summed E-state index contributed by atoms with van der Waals surface area (Å²) in [6, 6.07) is 2.84. The lowest BCUT2D eigenvalue weighted by Gasteiger charge is -2.33. The molecule has 302 valence electrons. The number of hydrogen-bond acceptors (Lipinski definition) is 10. The lowest BCUT2D eigenvalue weighted by atomic mass is 10.0. The Morgan fingerprint density at radius 3 is 2.26 bits per heavy atom. The minimum Gasteiger partial charge on any atom is -0.508 e. The molecule has 2 aliphatic rings. The molecular weight excluding hydrogens is 694 g/mol.